The molecular formula is C16H21F3IN3O2. The smallest absolute Gasteiger partial charge is 0.433 e. The van der Waals surface area contributed by atoms with Gasteiger partial charge >= 0.3 is 12.3 Å². The molecule has 9 heteroatoms. The van der Waals surface area contributed by atoms with Gasteiger partial charge in [0.1, 0.15) is 17.1 Å². The first-order chi connectivity index (χ1) is 11.4. The molecule has 0 aliphatic carbocycles. The molecule has 1 aliphatic heterocycles. The second-order valence-corrected chi connectivity index (χ2v) is 8.18. The fourth-order valence-corrected chi connectivity index (χ4v) is 3.09. The number of piperidine rings is 1. The molecule has 0 bridgehead atoms. The third-order valence-corrected chi connectivity index (χ3v) is 4.23. The van der Waals surface area contributed by atoms with Crippen LogP contribution in [0.1, 0.15) is 39.3 Å². The van der Waals surface area contributed by atoms with Crippen LogP contribution in [0.2, 0.25) is 0 Å². The summed E-state index contributed by atoms with van der Waals surface area (Å²) in [6.07, 6.45) is -3.70. The maximum atomic E-state index is 12.9. The van der Waals surface area contributed by atoms with Gasteiger partial charge in [-0.2, -0.15) is 13.2 Å². The molecule has 25 heavy (non-hydrogen) atoms. The zero-order valence-corrected chi connectivity index (χ0v) is 16.4. The van der Waals surface area contributed by atoms with Crippen LogP contribution in [-0.2, 0) is 10.9 Å². The number of alkyl carbamates (subject to hydrolysis) is 1. The number of amides is 1. The van der Waals surface area contributed by atoms with Gasteiger partial charge in [-0.1, -0.05) is 0 Å². The summed E-state index contributed by atoms with van der Waals surface area (Å²) in [7, 11) is 0. The Kier molecular flexibility index (Phi) is 6.05. The Morgan fingerprint density at radius 2 is 1.88 bits per heavy atom. The van der Waals surface area contributed by atoms with Crippen molar-refractivity contribution in [1.82, 2.24) is 10.3 Å². The molecule has 1 aliphatic rings. The van der Waals surface area contributed by atoms with Gasteiger partial charge in [0.2, 0.25) is 0 Å². The largest absolute Gasteiger partial charge is 0.444 e. The van der Waals surface area contributed by atoms with E-state index in [1.165, 1.54) is 0 Å². The molecule has 0 saturated carbocycles. The molecule has 1 aromatic rings. The molecular weight excluding hydrogens is 450 g/mol. The van der Waals surface area contributed by atoms with E-state index < -0.39 is 23.6 Å². The summed E-state index contributed by atoms with van der Waals surface area (Å²) in [6.45, 7) is 6.40. The lowest BCUT2D eigenvalue weighted by atomic mass is 10.1. The first kappa shape index (κ1) is 20.1. The predicted molar refractivity (Wildman–Crippen MR) is 96.6 cm³/mol. The molecule has 0 radical (unpaired) electrons. The van der Waals surface area contributed by atoms with Crippen molar-refractivity contribution in [2.45, 2.75) is 51.4 Å². The van der Waals surface area contributed by atoms with Gasteiger partial charge < -0.3 is 15.0 Å². The fourth-order valence-electron chi connectivity index (χ4n) is 2.52. The van der Waals surface area contributed by atoms with Gasteiger partial charge in [-0.15, -0.1) is 0 Å². The molecule has 0 atom stereocenters. The molecule has 1 fully saturated rings. The summed E-state index contributed by atoms with van der Waals surface area (Å²) in [6, 6.07) is 2.61. The van der Waals surface area contributed by atoms with Crippen LogP contribution in [0.3, 0.4) is 0 Å². The quantitative estimate of drug-likeness (QED) is 0.658. The zero-order valence-electron chi connectivity index (χ0n) is 14.3. The number of alkyl halides is 3. The van der Waals surface area contributed by atoms with Crippen molar-refractivity contribution < 1.29 is 22.7 Å². The summed E-state index contributed by atoms with van der Waals surface area (Å²) in [5.41, 5.74) is -1.45. The zero-order chi connectivity index (χ0) is 18.8. The molecule has 1 amide bonds. The SMILES string of the molecule is CC(C)(C)OC(=O)NC1CCN(c2cc(I)cc(C(F)(F)F)n2)CC1. The highest BCUT2D eigenvalue weighted by atomic mass is 127. The van der Waals surface area contributed by atoms with E-state index in [0.717, 1.165) is 6.07 Å². The average Bonchev–Trinajstić information content (AvgIpc) is 2.44. The molecule has 1 saturated heterocycles. The van der Waals surface area contributed by atoms with Crippen LogP contribution < -0.4 is 10.2 Å². The van der Waals surface area contributed by atoms with E-state index in [1.807, 2.05) is 27.5 Å². The third kappa shape index (κ3) is 6.19. The fraction of sp³-hybridized carbons (Fsp3) is 0.625. The van der Waals surface area contributed by atoms with Crippen molar-refractivity contribution in [3.8, 4) is 0 Å². The molecule has 0 aromatic carbocycles. The van der Waals surface area contributed by atoms with Crippen LogP contribution in [0.15, 0.2) is 12.1 Å². The van der Waals surface area contributed by atoms with Gasteiger partial charge in [0.05, 0.1) is 0 Å². The molecule has 0 unspecified atom stereocenters. The summed E-state index contributed by atoms with van der Waals surface area (Å²) >= 11 is 1.86. The van der Waals surface area contributed by atoms with Gasteiger partial charge in [-0.05, 0) is 68.3 Å². The number of aromatic nitrogens is 1. The van der Waals surface area contributed by atoms with E-state index in [0.29, 0.717) is 35.3 Å². The minimum atomic E-state index is -4.47. The van der Waals surface area contributed by atoms with Gasteiger partial charge in [-0.3, -0.25) is 0 Å². The van der Waals surface area contributed by atoms with Gasteiger partial charge in [-0.25, -0.2) is 9.78 Å². The maximum Gasteiger partial charge on any atom is 0.433 e. The number of hydrogen-bond acceptors (Lipinski definition) is 4. The number of ether oxygens (including phenoxy) is 1. The van der Waals surface area contributed by atoms with Gasteiger partial charge in [0, 0.05) is 22.7 Å². The summed E-state index contributed by atoms with van der Waals surface area (Å²) in [5.74, 6) is 0.315. The topological polar surface area (TPSA) is 54.5 Å². The number of carbonyl (C=O) groups excluding carboxylic acids is 1. The number of hydrogen-bond donors (Lipinski definition) is 1. The number of nitrogens with zero attached hydrogens (tertiary/aromatic N) is 2. The molecule has 2 heterocycles. The van der Waals surface area contributed by atoms with Crippen LogP contribution in [0.5, 0.6) is 0 Å². The Bertz CT molecular complexity index is 624. The molecule has 2 rings (SSSR count). The highest BCUT2D eigenvalue weighted by Crippen LogP contribution is 2.31. The summed E-state index contributed by atoms with van der Waals surface area (Å²) < 4.78 is 44.4. The Balaban J connectivity index is 1.96. The second kappa shape index (κ2) is 7.55. The first-order valence-corrected chi connectivity index (χ1v) is 9.01. The van der Waals surface area contributed by atoms with E-state index >= 15 is 0 Å². The first-order valence-electron chi connectivity index (χ1n) is 7.93. The number of halogens is 4. The minimum Gasteiger partial charge on any atom is -0.444 e. The van der Waals surface area contributed by atoms with E-state index in [-0.39, 0.29) is 6.04 Å². The average molecular weight is 471 g/mol. The van der Waals surface area contributed by atoms with Crippen LogP contribution in [-0.4, -0.2) is 35.8 Å². The van der Waals surface area contributed by atoms with Gasteiger partial charge in [0.25, 0.3) is 0 Å². The number of carbonyl (C=O) groups is 1. The van der Waals surface area contributed by atoms with Crippen molar-refractivity contribution in [2.24, 2.45) is 0 Å². The Labute approximate surface area is 158 Å². The molecule has 1 N–H and O–H groups in total. The number of rotatable bonds is 2. The highest BCUT2D eigenvalue weighted by molar-refractivity contribution is 14.1. The monoisotopic (exact) mass is 471 g/mol. The van der Waals surface area contributed by atoms with Crippen LogP contribution in [0.4, 0.5) is 23.8 Å². The standard InChI is InChI=1S/C16H21F3IN3O2/c1-15(2,3)25-14(24)21-11-4-6-23(7-5-11)13-9-10(20)8-12(22-13)16(17,18)19/h8-9,11H,4-7H2,1-3H3,(H,21,24). The van der Waals surface area contributed by atoms with Crippen molar-refractivity contribution in [2.75, 3.05) is 18.0 Å². The molecule has 0 spiro atoms. The minimum absolute atomic E-state index is 0.0593. The summed E-state index contributed by atoms with van der Waals surface area (Å²) in [4.78, 5) is 17.4. The second-order valence-electron chi connectivity index (χ2n) is 6.93. The number of pyridine rings is 1. The Morgan fingerprint density at radius 3 is 2.40 bits per heavy atom. The Hall–Kier alpha value is -1.26. The third-order valence-electron chi connectivity index (χ3n) is 3.61. The summed E-state index contributed by atoms with van der Waals surface area (Å²) in [5, 5.41) is 2.80. The molecule has 5 nitrogen and oxygen atoms in total. The lowest BCUT2D eigenvalue weighted by molar-refractivity contribution is -0.141. The number of anilines is 1. The normalized spacial score (nSPS) is 16.7. The van der Waals surface area contributed by atoms with Crippen molar-refractivity contribution >= 4 is 34.5 Å². The van der Waals surface area contributed by atoms with Gasteiger partial charge in [0.15, 0.2) is 0 Å². The molecule has 1 aromatic heterocycles. The van der Waals surface area contributed by atoms with E-state index in [4.69, 9.17) is 4.74 Å². The lowest BCUT2D eigenvalue weighted by Gasteiger charge is -2.33. The highest BCUT2D eigenvalue weighted by Gasteiger charge is 2.34. The van der Waals surface area contributed by atoms with Crippen molar-refractivity contribution in [3.63, 3.8) is 0 Å². The predicted octanol–water partition coefficient (Wildman–Crippen LogP) is 4.20. The van der Waals surface area contributed by atoms with E-state index in [1.54, 1.807) is 26.8 Å². The molecule has 140 valence electrons. The van der Waals surface area contributed by atoms with Crippen LogP contribution in [0, 0.1) is 3.57 Å². The Morgan fingerprint density at radius 1 is 1.28 bits per heavy atom. The maximum absolute atomic E-state index is 12.9. The van der Waals surface area contributed by atoms with Crippen LogP contribution >= 0.6 is 22.6 Å². The van der Waals surface area contributed by atoms with E-state index in [2.05, 4.69) is 10.3 Å². The lowest BCUT2D eigenvalue weighted by Crippen LogP contribution is -2.46. The van der Waals surface area contributed by atoms with Crippen molar-refractivity contribution in [3.05, 3.63) is 21.4 Å². The van der Waals surface area contributed by atoms with E-state index in [9.17, 15) is 18.0 Å². The van der Waals surface area contributed by atoms with Crippen molar-refractivity contribution in [1.29, 1.82) is 0 Å². The van der Waals surface area contributed by atoms with Crippen LogP contribution in [0.25, 0.3) is 0 Å². The number of nitrogens with one attached hydrogen (secondary N) is 1.